The van der Waals surface area contributed by atoms with Gasteiger partial charge in [-0.25, -0.2) is 0 Å². The summed E-state index contributed by atoms with van der Waals surface area (Å²) in [5.74, 6) is 0.0288. The van der Waals surface area contributed by atoms with Crippen molar-refractivity contribution in [3.05, 3.63) is 0 Å². The predicted molar refractivity (Wildman–Crippen MR) is 77.3 cm³/mol. The van der Waals surface area contributed by atoms with Crippen LogP contribution in [0.4, 0.5) is 0 Å². The summed E-state index contributed by atoms with van der Waals surface area (Å²) in [5.41, 5.74) is -0.452. The van der Waals surface area contributed by atoms with Crippen LogP contribution in [0.25, 0.3) is 0 Å². The van der Waals surface area contributed by atoms with Crippen molar-refractivity contribution in [1.29, 1.82) is 0 Å². The van der Waals surface area contributed by atoms with Crippen LogP contribution in [0.3, 0.4) is 0 Å². The van der Waals surface area contributed by atoms with Crippen LogP contribution in [-0.2, 0) is 9.59 Å². The maximum Gasteiger partial charge on any atom is 0.305 e. The Kier molecular flexibility index (Phi) is 5.06. The average Bonchev–Trinajstić information content (AvgIpc) is 2.85. The quantitative estimate of drug-likeness (QED) is 0.753. The summed E-state index contributed by atoms with van der Waals surface area (Å²) in [7, 11) is 0. The molecule has 1 unspecified atom stereocenters. The van der Waals surface area contributed by atoms with Gasteiger partial charge in [-0.05, 0) is 38.0 Å². The van der Waals surface area contributed by atoms with E-state index in [9.17, 15) is 9.59 Å². The van der Waals surface area contributed by atoms with E-state index in [4.69, 9.17) is 5.11 Å². The van der Waals surface area contributed by atoms with Crippen LogP contribution in [0.1, 0.15) is 71.1 Å². The molecule has 2 fully saturated rings. The minimum Gasteiger partial charge on any atom is -0.481 e. The van der Waals surface area contributed by atoms with Gasteiger partial charge in [-0.15, -0.1) is 0 Å². The van der Waals surface area contributed by atoms with Crippen molar-refractivity contribution >= 4 is 11.9 Å². The lowest BCUT2D eigenvalue weighted by Gasteiger charge is -2.42. The third-order valence-electron chi connectivity index (χ3n) is 5.14. The summed E-state index contributed by atoms with van der Waals surface area (Å²) >= 11 is 0. The molecule has 0 aromatic rings. The second-order valence-electron chi connectivity index (χ2n) is 6.69. The Labute approximate surface area is 121 Å². The summed E-state index contributed by atoms with van der Waals surface area (Å²) < 4.78 is 0. The highest BCUT2D eigenvalue weighted by Crippen LogP contribution is 2.36. The number of carboxylic acids is 1. The lowest BCUT2D eigenvalue weighted by atomic mass is 9.74. The standard InChI is InChI=1S/C16H27NO3/c1-2-13(10-12-6-3-4-7-12)15(20)17-16(8-5-9-16)11-14(18)19/h12-13H,2-11H2,1H3,(H,17,20)(H,18,19). The molecule has 0 aliphatic heterocycles. The molecule has 2 aliphatic carbocycles. The van der Waals surface area contributed by atoms with Gasteiger partial charge in [0.15, 0.2) is 0 Å². The fourth-order valence-electron chi connectivity index (χ4n) is 3.71. The van der Waals surface area contributed by atoms with Crippen LogP contribution < -0.4 is 5.32 Å². The van der Waals surface area contributed by atoms with Gasteiger partial charge in [0.05, 0.1) is 12.0 Å². The second-order valence-corrected chi connectivity index (χ2v) is 6.69. The van der Waals surface area contributed by atoms with E-state index in [0.717, 1.165) is 32.1 Å². The van der Waals surface area contributed by atoms with E-state index in [-0.39, 0.29) is 18.2 Å². The zero-order valence-electron chi connectivity index (χ0n) is 12.5. The fraction of sp³-hybridized carbons (Fsp3) is 0.875. The molecule has 0 aromatic heterocycles. The molecule has 0 saturated heterocycles. The molecule has 1 amide bonds. The highest BCUT2D eigenvalue weighted by atomic mass is 16.4. The molecule has 2 rings (SSSR count). The Bertz CT molecular complexity index is 357. The predicted octanol–water partition coefficient (Wildman–Crippen LogP) is 3.11. The molecule has 4 nitrogen and oxygen atoms in total. The van der Waals surface area contributed by atoms with E-state index in [1.165, 1.54) is 25.7 Å². The zero-order chi connectivity index (χ0) is 14.6. The molecule has 2 saturated carbocycles. The minimum atomic E-state index is -0.811. The fourth-order valence-corrected chi connectivity index (χ4v) is 3.71. The first-order valence-corrected chi connectivity index (χ1v) is 8.08. The van der Waals surface area contributed by atoms with E-state index in [1.807, 2.05) is 0 Å². The van der Waals surface area contributed by atoms with E-state index < -0.39 is 11.5 Å². The number of nitrogens with one attached hydrogen (secondary N) is 1. The van der Waals surface area contributed by atoms with Crippen LogP contribution in [0.2, 0.25) is 0 Å². The Hall–Kier alpha value is -1.06. The smallest absolute Gasteiger partial charge is 0.305 e. The van der Waals surface area contributed by atoms with Gasteiger partial charge in [0.25, 0.3) is 0 Å². The number of carbonyl (C=O) groups is 2. The van der Waals surface area contributed by atoms with E-state index in [1.54, 1.807) is 0 Å². The van der Waals surface area contributed by atoms with Gasteiger partial charge >= 0.3 is 5.97 Å². The minimum absolute atomic E-state index is 0.0596. The molecule has 0 aromatic carbocycles. The topological polar surface area (TPSA) is 66.4 Å². The van der Waals surface area contributed by atoms with Gasteiger partial charge in [0.2, 0.25) is 5.91 Å². The Morgan fingerprint density at radius 1 is 1.25 bits per heavy atom. The van der Waals surface area contributed by atoms with Gasteiger partial charge < -0.3 is 10.4 Å². The molecule has 0 spiro atoms. The summed E-state index contributed by atoms with van der Waals surface area (Å²) in [6.07, 6.45) is 9.64. The maximum atomic E-state index is 12.4. The van der Waals surface area contributed by atoms with E-state index in [0.29, 0.717) is 5.92 Å². The summed E-state index contributed by atoms with van der Waals surface area (Å²) in [6, 6.07) is 0. The highest BCUT2D eigenvalue weighted by Gasteiger charge is 2.41. The molecule has 114 valence electrons. The van der Waals surface area contributed by atoms with Crippen LogP contribution in [-0.4, -0.2) is 22.5 Å². The third kappa shape index (κ3) is 3.74. The zero-order valence-corrected chi connectivity index (χ0v) is 12.5. The summed E-state index contributed by atoms with van der Waals surface area (Å²) in [5, 5.41) is 12.1. The van der Waals surface area contributed by atoms with Crippen molar-refractivity contribution < 1.29 is 14.7 Å². The number of hydrogen-bond acceptors (Lipinski definition) is 2. The Balaban J connectivity index is 1.88. The number of carboxylic acid groups (broad SMARTS) is 1. The molecule has 0 heterocycles. The van der Waals surface area contributed by atoms with Gasteiger partial charge in [0, 0.05) is 5.92 Å². The second kappa shape index (κ2) is 6.59. The first-order valence-electron chi connectivity index (χ1n) is 8.08. The van der Waals surface area contributed by atoms with Crippen molar-refractivity contribution in [2.24, 2.45) is 11.8 Å². The molecule has 1 atom stereocenters. The molecule has 2 N–H and O–H groups in total. The van der Waals surface area contributed by atoms with Gasteiger partial charge in [-0.2, -0.15) is 0 Å². The molecule has 20 heavy (non-hydrogen) atoms. The maximum absolute atomic E-state index is 12.4. The number of carbonyl (C=O) groups excluding carboxylic acids is 1. The van der Waals surface area contributed by atoms with E-state index in [2.05, 4.69) is 12.2 Å². The van der Waals surface area contributed by atoms with Crippen LogP contribution in [0.5, 0.6) is 0 Å². The lowest BCUT2D eigenvalue weighted by molar-refractivity contribution is -0.141. The molecule has 2 aliphatic rings. The summed E-state index contributed by atoms with van der Waals surface area (Å²) in [6.45, 7) is 2.06. The number of rotatable bonds is 7. The lowest BCUT2D eigenvalue weighted by Crippen LogP contribution is -2.56. The molecule has 0 radical (unpaired) electrons. The summed E-state index contributed by atoms with van der Waals surface area (Å²) in [4.78, 5) is 23.4. The van der Waals surface area contributed by atoms with Crippen molar-refractivity contribution in [2.75, 3.05) is 0 Å². The van der Waals surface area contributed by atoms with Crippen LogP contribution in [0, 0.1) is 11.8 Å². The Morgan fingerprint density at radius 3 is 2.35 bits per heavy atom. The van der Waals surface area contributed by atoms with Crippen molar-refractivity contribution in [1.82, 2.24) is 5.32 Å². The monoisotopic (exact) mass is 281 g/mol. The molecule has 4 heteroatoms. The van der Waals surface area contributed by atoms with E-state index >= 15 is 0 Å². The van der Waals surface area contributed by atoms with Crippen molar-refractivity contribution in [2.45, 2.75) is 76.7 Å². The highest BCUT2D eigenvalue weighted by molar-refractivity contribution is 5.80. The largest absolute Gasteiger partial charge is 0.481 e. The van der Waals surface area contributed by atoms with Crippen molar-refractivity contribution in [3.8, 4) is 0 Å². The van der Waals surface area contributed by atoms with Gasteiger partial charge in [0.1, 0.15) is 0 Å². The van der Waals surface area contributed by atoms with Crippen LogP contribution >= 0.6 is 0 Å². The molecular weight excluding hydrogens is 254 g/mol. The number of aliphatic carboxylic acids is 1. The molecule has 0 bridgehead atoms. The number of hydrogen-bond donors (Lipinski definition) is 2. The molecular formula is C16H27NO3. The normalized spacial score (nSPS) is 23.1. The Morgan fingerprint density at radius 2 is 1.90 bits per heavy atom. The van der Waals surface area contributed by atoms with Gasteiger partial charge in [-0.1, -0.05) is 32.6 Å². The number of amides is 1. The average molecular weight is 281 g/mol. The first kappa shape index (κ1) is 15.3. The van der Waals surface area contributed by atoms with Gasteiger partial charge in [-0.3, -0.25) is 9.59 Å². The van der Waals surface area contributed by atoms with Crippen LogP contribution in [0.15, 0.2) is 0 Å². The third-order valence-corrected chi connectivity index (χ3v) is 5.14. The SMILES string of the molecule is CCC(CC1CCCC1)C(=O)NC1(CC(=O)O)CCC1. The first-order chi connectivity index (χ1) is 9.54. The van der Waals surface area contributed by atoms with Crippen molar-refractivity contribution in [3.63, 3.8) is 0 Å².